The van der Waals surface area contributed by atoms with Gasteiger partial charge in [0.15, 0.2) is 0 Å². The molecule has 2 aromatic carbocycles. The fourth-order valence-electron chi connectivity index (χ4n) is 3.01. The number of hydrogen-bond acceptors (Lipinski definition) is 3. The minimum Gasteiger partial charge on any atom is -0.369 e. The molecule has 24 heavy (non-hydrogen) atoms. The van der Waals surface area contributed by atoms with Crippen LogP contribution in [0.15, 0.2) is 60.7 Å². The molecule has 2 aromatic rings. The summed E-state index contributed by atoms with van der Waals surface area (Å²) in [5.41, 5.74) is 2.43. The molecule has 1 fully saturated rings. The number of para-hydroxylation sites is 1. The number of benzene rings is 2. The minimum atomic E-state index is 0.129. The van der Waals surface area contributed by atoms with Crippen molar-refractivity contribution >= 4 is 11.6 Å². The highest BCUT2D eigenvalue weighted by atomic mass is 16.1. The van der Waals surface area contributed by atoms with E-state index in [2.05, 4.69) is 39.4 Å². The number of piperazine rings is 1. The van der Waals surface area contributed by atoms with E-state index < -0.39 is 0 Å². The summed E-state index contributed by atoms with van der Waals surface area (Å²) in [6.45, 7) is 5.53. The predicted molar refractivity (Wildman–Crippen MR) is 98.0 cm³/mol. The van der Waals surface area contributed by atoms with Gasteiger partial charge in [-0.1, -0.05) is 48.5 Å². The molecule has 0 radical (unpaired) electrons. The van der Waals surface area contributed by atoms with Crippen molar-refractivity contribution in [2.24, 2.45) is 0 Å². The summed E-state index contributed by atoms with van der Waals surface area (Å²) in [4.78, 5) is 16.8. The highest BCUT2D eigenvalue weighted by Crippen LogP contribution is 2.15. The van der Waals surface area contributed by atoms with Gasteiger partial charge in [0.1, 0.15) is 0 Å². The average molecular weight is 323 g/mol. The van der Waals surface area contributed by atoms with Crippen LogP contribution in [0, 0.1) is 0 Å². The number of carbonyl (C=O) groups is 1. The van der Waals surface area contributed by atoms with Crippen molar-refractivity contribution < 1.29 is 4.79 Å². The maximum Gasteiger partial charge on any atom is 0.221 e. The Balaban J connectivity index is 1.35. The first-order chi connectivity index (χ1) is 11.8. The maximum absolute atomic E-state index is 12.0. The van der Waals surface area contributed by atoms with Gasteiger partial charge in [-0.15, -0.1) is 0 Å². The standard InChI is InChI=1S/C20H25N3O/c24-20(21-17-18-7-3-1-4-8-18)11-12-22-13-15-23(16-14-22)19-9-5-2-6-10-19/h1-10H,11-17H2,(H,21,24). The van der Waals surface area contributed by atoms with Crippen LogP contribution >= 0.6 is 0 Å². The van der Waals surface area contributed by atoms with Crippen molar-refractivity contribution in [1.29, 1.82) is 0 Å². The molecule has 0 aromatic heterocycles. The van der Waals surface area contributed by atoms with Crippen molar-refractivity contribution in [2.45, 2.75) is 13.0 Å². The Morgan fingerprint density at radius 1 is 0.875 bits per heavy atom. The van der Waals surface area contributed by atoms with Gasteiger partial charge in [-0.2, -0.15) is 0 Å². The highest BCUT2D eigenvalue weighted by molar-refractivity contribution is 5.76. The lowest BCUT2D eigenvalue weighted by atomic mass is 10.2. The van der Waals surface area contributed by atoms with Crippen LogP contribution in [0.3, 0.4) is 0 Å². The van der Waals surface area contributed by atoms with E-state index in [1.54, 1.807) is 0 Å². The molecule has 1 amide bonds. The summed E-state index contributed by atoms with van der Waals surface area (Å²) in [6.07, 6.45) is 0.568. The molecule has 4 nitrogen and oxygen atoms in total. The molecule has 1 aliphatic rings. The molecular weight excluding hydrogens is 298 g/mol. The van der Waals surface area contributed by atoms with E-state index in [1.807, 2.05) is 36.4 Å². The average Bonchev–Trinajstić information content (AvgIpc) is 2.67. The number of rotatable bonds is 6. The first-order valence-corrected chi connectivity index (χ1v) is 8.64. The van der Waals surface area contributed by atoms with Crippen LogP contribution < -0.4 is 10.2 Å². The van der Waals surface area contributed by atoms with Gasteiger partial charge in [0.25, 0.3) is 0 Å². The van der Waals surface area contributed by atoms with Gasteiger partial charge >= 0.3 is 0 Å². The van der Waals surface area contributed by atoms with Crippen molar-refractivity contribution in [3.63, 3.8) is 0 Å². The van der Waals surface area contributed by atoms with Crippen molar-refractivity contribution in [3.05, 3.63) is 66.2 Å². The Bertz CT molecular complexity index is 622. The van der Waals surface area contributed by atoms with Crippen molar-refractivity contribution in [2.75, 3.05) is 37.6 Å². The number of amides is 1. The summed E-state index contributed by atoms with van der Waals surface area (Å²) in [6, 6.07) is 20.6. The Labute approximate surface area is 144 Å². The lowest BCUT2D eigenvalue weighted by Crippen LogP contribution is -2.47. The number of hydrogen-bond donors (Lipinski definition) is 1. The second-order valence-electron chi connectivity index (χ2n) is 6.18. The molecule has 126 valence electrons. The van der Waals surface area contributed by atoms with Crippen LogP contribution in [0.5, 0.6) is 0 Å². The zero-order valence-corrected chi connectivity index (χ0v) is 14.0. The SMILES string of the molecule is O=C(CCN1CCN(c2ccccc2)CC1)NCc1ccccc1. The molecule has 0 atom stereocenters. The Kier molecular flexibility index (Phi) is 5.85. The Morgan fingerprint density at radius 2 is 1.50 bits per heavy atom. The first-order valence-electron chi connectivity index (χ1n) is 8.64. The zero-order valence-electron chi connectivity index (χ0n) is 14.0. The zero-order chi connectivity index (χ0) is 16.6. The van der Waals surface area contributed by atoms with Crippen LogP contribution in [0.1, 0.15) is 12.0 Å². The Morgan fingerprint density at radius 3 is 2.17 bits per heavy atom. The number of nitrogens with zero attached hydrogens (tertiary/aromatic N) is 2. The quantitative estimate of drug-likeness (QED) is 0.887. The fourth-order valence-corrected chi connectivity index (χ4v) is 3.01. The molecule has 0 bridgehead atoms. The van der Waals surface area contributed by atoms with Crippen LogP contribution in [0.2, 0.25) is 0 Å². The third kappa shape index (κ3) is 4.83. The molecule has 0 spiro atoms. The second kappa shape index (κ2) is 8.50. The van der Waals surface area contributed by atoms with Gasteiger partial charge in [0, 0.05) is 51.4 Å². The van der Waals surface area contributed by atoms with Crippen LogP contribution in [0.25, 0.3) is 0 Å². The molecule has 0 aliphatic carbocycles. The van der Waals surface area contributed by atoms with E-state index >= 15 is 0 Å². The largest absolute Gasteiger partial charge is 0.369 e. The van der Waals surface area contributed by atoms with Gasteiger partial charge in [0.2, 0.25) is 5.91 Å². The van der Waals surface area contributed by atoms with Gasteiger partial charge in [-0.3, -0.25) is 9.69 Å². The molecule has 4 heteroatoms. The van der Waals surface area contributed by atoms with E-state index in [4.69, 9.17) is 0 Å². The van der Waals surface area contributed by atoms with Gasteiger partial charge < -0.3 is 10.2 Å². The molecular formula is C20H25N3O. The summed E-state index contributed by atoms with van der Waals surface area (Å²) in [7, 11) is 0. The third-order valence-corrected chi connectivity index (χ3v) is 4.48. The van der Waals surface area contributed by atoms with Gasteiger partial charge in [-0.05, 0) is 17.7 Å². The summed E-state index contributed by atoms with van der Waals surface area (Å²) >= 11 is 0. The fraction of sp³-hybridized carbons (Fsp3) is 0.350. The molecule has 1 heterocycles. The molecule has 0 unspecified atom stereocenters. The minimum absolute atomic E-state index is 0.129. The third-order valence-electron chi connectivity index (χ3n) is 4.48. The molecule has 0 saturated carbocycles. The van der Waals surface area contributed by atoms with E-state index in [1.165, 1.54) is 5.69 Å². The van der Waals surface area contributed by atoms with E-state index in [0.717, 1.165) is 38.3 Å². The van der Waals surface area contributed by atoms with Crippen LogP contribution in [-0.2, 0) is 11.3 Å². The van der Waals surface area contributed by atoms with Crippen molar-refractivity contribution in [3.8, 4) is 0 Å². The smallest absolute Gasteiger partial charge is 0.221 e. The number of carbonyl (C=O) groups excluding carboxylic acids is 1. The Hall–Kier alpha value is -2.33. The summed E-state index contributed by atoms with van der Waals surface area (Å²) in [5.74, 6) is 0.129. The highest BCUT2D eigenvalue weighted by Gasteiger charge is 2.17. The summed E-state index contributed by atoms with van der Waals surface area (Å²) in [5, 5.41) is 3.00. The first kappa shape index (κ1) is 16.5. The van der Waals surface area contributed by atoms with E-state index in [0.29, 0.717) is 13.0 Å². The number of anilines is 1. The van der Waals surface area contributed by atoms with Crippen LogP contribution in [-0.4, -0.2) is 43.5 Å². The van der Waals surface area contributed by atoms with Gasteiger partial charge in [-0.25, -0.2) is 0 Å². The van der Waals surface area contributed by atoms with Gasteiger partial charge in [0.05, 0.1) is 0 Å². The van der Waals surface area contributed by atoms with E-state index in [9.17, 15) is 4.79 Å². The van der Waals surface area contributed by atoms with Crippen LogP contribution in [0.4, 0.5) is 5.69 Å². The molecule has 3 rings (SSSR count). The lowest BCUT2D eigenvalue weighted by Gasteiger charge is -2.36. The second-order valence-corrected chi connectivity index (χ2v) is 6.18. The van der Waals surface area contributed by atoms with Crippen molar-refractivity contribution in [1.82, 2.24) is 10.2 Å². The molecule has 1 saturated heterocycles. The topological polar surface area (TPSA) is 35.6 Å². The monoisotopic (exact) mass is 323 g/mol. The van der Waals surface area contributed by atoms with E-state index in [-0.39, 0.29) is 5.91 Å². The lowest BCUT2D eigenvalue weighted by molar-refractivity contribution is -0.121. The molecule has 1 aliphatic heterocycles. The normalized spacial score (nSPS) is 15.2. The number of nitrogens with one attached hydrogen (secondary N) is 1. The predicted octanol–water partition coefficient (Wildman–Crippen LogP) is 2.52. The maximum atomic E-state index is 12.0. The molecule has 1 N–H and O–H groups in total. The summed E-state index contributed by atoms with van der Waals surface area (Å²) < 4.78 is 0.